The van der Waals surface area contributed by atoms with Gasteiger partial charge in [-0.1, -0.05) is 13.3 Å². The van der Waals surface area contributed by atoms with Crippen molar-refractivity contribution in [3.05, 3.63) is 23.3 Å². The van der Waals surface area contributed by atoms with E-state index in [1.807, 2.05) is 6.92 Å². The van der Waals surface area contributed by atoms with E-state index in [1.165, 1.54) is 6.92 Å². The van der Waals surface area contributed by atoms with Crippen LogP contribution in [0.1, 0.15) is 56.0 Å². The Kier molecular flexibility index (Phi) is 9.78. The summed E-state index contributed by atoms with van der Waals surface area (Å²) in [5.41, 5.74) is 1.31. The molecular weight excluding hydrogens is 366 g/mol. The van der Waals surface area contributed by atoms with Crippen LogP contribution in [0.2, 0.25) is 0 Å². The maximum absolute atomic E-state index is 12.1. The predicted octanol–water partition coefficient (Wildman–Crippen LogP) is 3.79. The average Bonchev–Trinajstić information content (AvgIpc) is 2.60. The minimum Gasteiger partial charge on any atom is -0.492 e. The van der Waals surface area contributed by atoms with Gasteiger partial charge in [-0.05, 0) is 51.0 Å². The summed E-state index contributed by atoms with van der Waals surface area (Å²) in [6.07, 6.45) is 2.31. The summed E-state index contributed by atoms with van der Waals surface area (Å²) >= 11 is 5.24. The molecule has 0 aromatic heterocycles. The first-order valence-electron chi connectivity index (χ1n) is 9.16. The van der Waals surface area contributed by atoms with Crippen molar-refractivity contribution in [1.29, 1.82) is 0 Å². The summed E-state index contributed by atoms with van der Waals surface area (Å²) in [6.45, 7) is 5.98. The number of carbonyl (C=O) groups is 2. The molecule has 1 aromatic rings. The van der Waals surface area contributed by atoms with Gasteiger partial charge in [0, 0.05) is 26.1 Å². The highest BCUT2D eigenvalue weighted by Crippen LogP contribution is 2.34. The first-order valence-corrected chi connectivity index (χ1v) is 9.56. The number of thiocarbonyl (C=S) groups is 1. The van der Waals surface area contributed by atoms with Crippen molar-refractivity contribution >= 4 is 29.1 Å². The summed E-state index contributed by atoms with van der Waals surface area (Å²) in [7, 11) is 3.61. The first kappa shape index (κ1) is 22.9. The largest absolute Gasteiger partial charge is 0.492 e. The zero-order chi connectivity index (χ0) is 20.4. The second kappa shape index (κ2) is 11.5. The van der Waals surface area contributed by atoms with Gasteiger partial charge in [-0.25, -0.2) is 0 Å². The lowest BCUT2D eigenvalue weighted by Crippen LogP contribution is -2.25. The molecule has 0 amide bonds. The topological polar surface area (TPSA) is 65.1 Å². The second-order valence-electron chi connectivity index (χ2n) is 6.24. The summed E-state index contributed by atoms with van der Waals surface area (Å²) < 4.78 is 16.6. The fraction of sp³-hybridized carbons (Fsp3) is 0.550. The number of Topliss-reactive ketones (excluding diaryl/α,β-unsaturated/α-hetero) is 1. The van der Waals surface area contributed by atoms with Crippen LogP contribution in [0.25, 0.3) is 0 Å². The molecule has 0 fully saturated rings. The van der Waals surface area contributed by atoms with Gasteiger partial charge in [0.25, 0.3) is 5.17 Å². The Balaban J connectivity index is 3.06. The Morgan fingerprint density at radius 1 is 1.19 bits per heavy atom. The molecule has 0 aliphatic carbocycles. The maximum atomic E-state index is 12.1. The lowest BCUT2D eigenvalue weighted by molar-refractivity contribution is -0.143. The molecule has 0 saturated carbocycles. The highest BCUT2D eigenvalue weighted by Gasteiger charge is 2.19. The van der Waals surface area contributed by atoms with Gasteiger partial charge < -0.3 is 19.1 Å². The Bertz CT molecular complexity index is 673. The fourth-order valence-corrected chi connectivity index (χ4v) is 2.53. The van der Waals surface area contributed by atoms with Gasteiger partial charge in [0.2, 0.25) is 0 Å². The Labute approximate surface area is 166 Å². The lowest BCUT2D eigenvalue weighted by Gasteiger charge is -2.20. The minimum absolute atomic E-state index is 0.0884. The number of rotatable bonds is 10. The molecule has 1 rings (SSSR count). The molecule has 0 aliphatic rings. The van der Waals surface area contributed by atoms with Gasteiger partial charge in [-0.2, -0.15) is 0 Å². The third-order valence-corrected chi connectivity index (χ3v) is 4.18. The molecule has 0 spiro atoms. The van der Waals surface area contributed by atoms with Crippen molar-refractivity contribution in [2.45, 2.75) is 46.5 Å². The van der Waals surface area contributed by atoms with E-state index in [0.717, 1.165) is 12.0 Å². The molecular formula is C20H29NO5S. The lowest BCUT2D eigenvalue weighted by atomic mass is 10.0. The van der Waals surface area contributed by atoms with Crippen LogP contribution in [-0.2, 0) is 16.0 Å². The van der Waals surface area contributed by atoms with E-state index in [1.54, 1.807) is 38.1 Å². The molecule has 1 aromatic carbocycles. The molecule has 150 valence electrons. The van der Waals surface area contributed by atoms with Gasteiger partial charge in [0.1, 0.15) is 11.5 Å². The molecule has 7 heteroatoms. The molecule has 0 aliphatic heterocycles. The van der Waals surface area contributed by atoms with Gasteiger partial charge in [0.05, 0.1) is 18.8 Å². The summed E-state index contributed by atoms with van der Waals surface area (Å²) in [4.78, 5) is 25.2. The van der Waals surface area contributed by atoms with Crippen LogP contribution in [-0.4, -0.2) is 49.1 Å². The van der Waals surface area contributed by atoms with Gasteiger partial charge in [-0.15, -0.1) is 0 Å². The van der Waals surface area contributed by atoms with E-state index in [9.17, 15) is 9.59 Å². The number of carbonyl (C=O) groups excluding carboxylic acids is 2. The quantitative estimate of drug-likeness (QED) is 0.258. The normalized spacial score (nSPS) is 10.3. The molecule has 0 N–H and O–H groups in total. The molecule has 0 unspecified atom stereocenters. The van der Waals surface area contributed by atoms with Crippen molar-refractivity contribution in [2.75, 3.05) is 27.3 Å². The number of esters is 1. The standard InChI is InChI=1S/C20H29NO5S/c1-6-9-16-17(26-20(27)21(4)5)12-11-15(14(3)22)19(16)25-13-8-10-18(23)24-7-2/h11-12H,6-10,13H2,1-5H3. The van der Waals surface area contributed by atoms with Crippen LogP contribution in [0.4, 0.5) is 0 Å². The van der Waals surface area contributed by atoms with Crippen molar-refractivity contribution in [3.8, 4) is 11.5 Å². The van der Waals surface area contributed by atoms with Crippen LogP contribution < -0.4 is 9.47 Å². The smallest absolute Gasteiger partial charge is 0.305 e. The van der Waals surface area contributed by atoms with Crippen LogP contribution >= 0.6 is 12.2 Å². The summed E-state index contributed by atoms with van der Waals surface area (Å²) in [5, 5.41) is 0.330. The van der Waals surface area contributed by atoms with Gasteiger partial charge >= 0.3 is 5.97 Å². The molecule has 27 heavy (non-hydrogen) atoms. The highest BCUT2D eigenvalue weighted by molar-refractivity contribution is 7.80. The van der Waals surface area contributed by atoms with E-state index in [0.29, 0.717) is 48.3 Å². The number of benzene rings is 1. The van der Waals surface area contributed by atoms with Crippen molar-refractivity contribution < 1.29 is 23.8 Å². The zero-order valence-electron chi connectivity index (χ0n) is 16.8. The van der Waals surface area contributed by atoms with Gasteiger partial charge in [0.15, 0.2) is 5.78 Å². The summed E-state index contributed by atoms with van der Waals surface area (Å²) in [5.74, 6) is 0.748. The van der Waals surface area contributed by atoms with Crippen molar-refractivity contribution in [2.24, 2.45) is 0 Å². The van der Waals surface area contributed by atoms with E-state index in [-0.39, 0.29) is 18.2 Å². The van der Waals surface area contributed by atoms with Crippen molar-refractivity contribution in [3.63, 3.8) is 0 Å². The third kappa shape index (κ3) is 7.17. The number of hydrogen-bond acceptors (Lipinski definition) is 6. The van der Waals surface area contributed by atoms with Crippen LogP contribution in [0.5, 0.6) is 11.5 Å². The second-order valence-corrected chi connectivity index (χ2v) is 6.59. The monoisotopic (exact) mass is 395 g/mol. The van der Waals surface area contributed by atoms with E-state index >= 15 is 0 Å². The average molecular weight is 396 g/mol. The Morgan fingerprint density at radius 2 is 1.89 bits per heavy atom. The Morgan fingerprint density at radius 3 is 2.44 bits per heavy atom. The summed E-state index contributed by atoms with van der Waals surface area (Å²) in [6, 6.07) is 3.44. The van der Waals surface area contributed by atoms with Crippen LogP contribution in [0, 0.1) is 0 Å². The van der Waals surface area contributed by atoms with E-state index in [4.69, 9.17) is 26.4 Å². The molecule has 0 bridgehead atoms. The third-order valence-electron chi connectivity index (χ3n) is 3.74. The van der Waals surface area contributed by atoms with Crippen molar-refractivity contribution in [1.82, 2.24) is 4.90 Å². The SMILES string of the molecule is CCCc1c(OC(=S)N(C)C)ccc(C(C)=O)c1OCCCC(=O)OCC. The Hall–Kier alpha value is -2.15. The van der Waals surface area contributed by atoms with E-state index < -0.39 is 0 Å². The molecule has 0 saturated heterocycles. The highest BCUT2D eigenvalue weighted by atomic mass is 32.1. The minimum atomic E-state index is -0.255. The maximum Gasteiger partial charge on any atom is 0.305 e. The molecule has 0 radical (unpaired) electrons. The van der Waals surface area contributed by atoms with Crippen LogP contribution in [0.3, 0.4) is 0 Å². The molecule has 0 atom stereocenters. The number of hydrogen-bond donors (Lipinski definition) is 0. The van der Waals surface area contributed by atoms with E-state index in [2.05, 4.69) is 0 Å². The number of ketones is 1. The molecule has 0 heterocycles. The first-order chi connectivity index (χ1) is 12.8. The van der Waals surface area contributed by atoms with Crippen LogP contribution in [0.15, 0.2) is 12.1 Å². The fourth-order valence-electron chi connectivity index (χ4n) is 2.44. The van der Waals surface area contributed by atoms with Gasteiger partial charge in [-0.3, -0.25) is 9.59 Å². The zero-order valence-corrected chi connectivity index (χ0v) is 17.6. The number of nitrogens with zero attached hydrogens (tertiary/aromatic N) is 1. The number of ether oxygens (including phenoxy) is 3. The predicted molar refractivity (Wildman–Crippen MR) is 109 cm³/mol. The molecule has 6 nitrogen and oxygen atoms in total.